The largest absolute Gasteiger partial charge is 0.494 e. The molecule has 1 aromatic carbocycles. The Bertz CT molecular complexity index is 889. The molecule has 0 fully saturated rings. The Balaban J connectivity index is 1.55. The van der Waals surface area contributed by atoms with E-state index in [0.29, 0.717) is 13.3 Å². The van der Waals surface area contributed by atoms with Crippen molar-refractivity contribution in [2.45, 2.75) is 33.1 Å². The molecule has 0 unspecified atom stereocenters. The third-order valence-electron chi connectivity index (χ3n) is 4.19. The van der Waals surface area contributed by atoms with Gasteiger partial charge >= 0.3 is 0 Å². The molecule has 2 aromatic heterocycles. The molecule has 0 N–H and O–H groups in total. The smallest absolute Gasteiger partial charge is 0.198 e. The third kappa shape index (κ3) is 5.48. The van der Waals surface area contributed by atoms with E-state index in [1.54, 1.807) is 6.33 Å². The maximum atomic E-state index is 5.57. The van der Waals surface area contributed by atoms with E-state index < -0.39 is 0 Å². The summed E-state index contributed by atoms with van der Waals surface area (Å²) in [5.41, 5.74) is 2.28. The Morgan fingerprint density at radius 2 is 1.96 bits per heavy atom. The highest BCUT2D eigenvalue weighted by molar-refractivity contribution is 7.71. The van der Waals surface area contributed by atoms with Gasteiger partial charge < -0.3 is 9.30 Å². The molecule has 0 radical (unpaired) electrons. The minimum Gasteiger partial charge on any atom is -0.494 e. The lowest BCUT2D eigenvalue weighted by Gasteiger charge is -2.16. The van der Waals surface area contributed by atoms with Gasteiger partial charge in [0.15, 0.2) is 4.77 Å². The first-order valence-corrected chi connectivity index (χ1v) is 9.49. The first-order chi connectivity index (χ1) is 13.2. The van der Waals surface area contributed by atoms with E-state index in [9.17, 15) is 0 Å². The summed E-state index contributed by atoms with van der Waals surface area (Å²) in [5.74, 6) is 0.901. The molecule has 6 nitrogen and oxygen atoms in total. The standard InChI is InChI=1S/C20H25N5OS/c1-3-26-19-9-7-17(8-10-19)14-23(2)16-25-20(27)24(15-22-25)13-11-18-6-4-5-12-21-18/h4-10,12,15H,3,11,13-14,16H2,1-2H3. The monoisotopic (exact) mass is 383 g/mol. The number of aromatic nitrogens is 4. The van der Waals surface area contributed by atoms with E-state index in [2.05, 4.69) is 34.2 Å². The van der Waals surface area contributed by atoms with Crippen molar-refractivity contribution in [3.63, 3.8) is 0 Å². The van der Waals surface area contributed by atoms with Crippen LogP contribution in [0.4, 0.5) is 0 Å². The topological polar surface area (TPSA) is 48.1 Å². The lowest BCUT2D eigenvalue weighted by molar-refractivity contribution is 0.243. The molecule has 0 bridgehead atoms. The van der Waals surface area contributed by atoms with Gasteiger partial charge in [-0.2, -0.15) is 5.10 Å². The molecule has 0 spiro atoms. The highest BCUT2D eigenvalue weighted by atomic mass is 32.1. The molecule has 0 atom stereocenters. The van der Waals surface area contributed by atoms with E-state index in [-0.39, 0.29) is 0 Å². The highest BCUT2D eigenvalue weighted by Crippen LogP contribution is 2.13. The molecule has 0 saturated carbocycles. The number of rotatable bonds is 9. The van der Waals surface area contributed by atoms with Gasteiger partial charge in [0.2, 0.25) is 0 Å². The lowest BCUT2D eigenvalue weighted by atomic mass is 10.2. The van der Waals surface area contributed by atoms with Gasteiger partial charge in [-0.05, 0) is 56.0 Å². The van der Waals surface area contributed by atoms with Crippen LogP contribution in [0.1, 0.15) is 18.2 Å². The maximum Gasteiger partial charge on any atom is 0.198 e. The average molecular weight is 384 g/mol. The first-order valence-electron chi connectivity index (χ1n) is 9.08. The van der Waals surface area contributed by atoms with Crippen LogP contribution in [0.2, 0.25) is 0 Å². The number of aryl methyl sites for hydroxylation is 2. The van der Waals surface area contributed by atoms with E-state index in [1.807, 2.05) is 52.7 Å². The number of nitrogens with zero attached hydrogens (tertiary/aromatic N) is 5. The number of benzene rings is 1. The zero-order chi connectivity index (χ0) is 19.1. The van der Waals surface area contributed by atoms with Crippen molar-refractivity contribution in [1.82, 2.24) is 24.2 Å². The average Bonchev–Trinajstić information content (AvgIpc) is 3.02. The summed E-state index contributed by atoms with van der Waals surface area (Å²) in [6.45, 7) is 4.90. The minimum atomic E-state index is 0.641. The molecule has 142 valence electrons. The summed E-state index contributed by atoms with van der Waals surface area (Å²) in [6, 6.07) is 14.1. The van der Waals surface area contributed by atoms with Crippen LogP contribution in [-0.4, -0.2) is 37.9 Å². The van der Waals surface area contributed by atoms with Crippen molar-refractivity contribution in [2.24, 2.45) is 0 Å². The van der Waals surface area contributed by atoms with Crippen LogP contribution in [-0.2, 0) is 26.2 Å². The molecule has 3 aromatic rings. The summed E-state index contributed by atoms with van der Waals surface area (Å²) in [4.78, 5) is 6.53. The van der Waals surface area contributed by atoms with Gasteiger partial charge in [-0.1, -0.05) is 18.2 Å². The fourth-order valence-corrected chi connectivity index (χ4v) is 3.09. The van der Waals surface area contributed by atoms with Crippen LogP contribution < -0.4 is 4.74 Å². The maximum absolute atomic E-state index is 5.57. The van der Waals surface area contributed by atoms with E-state index >= 15 is 0 Å². The second-order valence-electron chi connectivity index (χ2n) is 6.41. The van der Waals surface area contributed by atoms with Crippen LogP contribution in [0, 0.1) is 4.77 Å². The van der Waals surface area contributed by atoms with Gasteiger partial charge in [0.05, 0.1) is 13.3 Å². The molecule has 0 amide bonds. The van der Waals surface area contributed by atoms with Crippen molar-refractivity contribution in [3.05, 3.63) is 71.0 Å². The molecule has 2 heterocycles. The van der Waals surface area contributed by atoms with Crippen molar-refractivity contribution >= 4 is 12.2 Å². The van der Waals surface area contributed by atoms with E-state index in [1.165, 1.54) is 5.56 Å². The molecule has 0 aliphatic carbocycles. The number of hydrogen-bond acceptors (Lipinski definition) is 5. The molecule has 0 aliphatic heterocycles. The first kappa shape index (κ1) is 19.3. The zero-order valence-electron chi connectivity index (χ0n) is 15.8. The predicted octanol–water partition coefficient (Wildman–Crippen LogP) is 3.54. The molecule has 0 saturated heterocycles. The van der Waals surface area contributed by atoms with Crippen LogP contribution in [0.25, 0.3) is 0 Å². The summed E-state index contributed by atoms with van der Waals surface area (Å²) in [6.07, 6.45) is 4.45. The van der Waals surface area contributed by atoms with Gasteiger partial charge in [-0.25, -0.2) is 4.68 Å². The number of pyridine rings is 1. The fraction of sp³-hybridized carbons (Fsp3) is 0.350. The van der Waals surface area contributed by atoms with Crippen LogP contribution in [0.15, 0.2) is 55.0 Å². The number of ether oxygens (including phenoxy) is 1. The quantitative estimate of drug-likeness (QED) is 0.529. The normalized spacial score (nSPS) is 11.1. The van der Waals surface area contributed by atoms with Crippen molar-refractivity contribution in [2.75, 3.05) is 13.7 Å². The van der Waals surface area contributed by atoms with Crippen LogP contribution >= 0.6 is 12.2 Å². The Hall–Kier alpha value is -2.51. The second kappa shape index (κ2) is 9.43. The van der Waals surface area contributed by atoms with Gasteiger partial charge in [0.25, 0.3) is 0 Å². The van der Waals surface area contributed by atoms with Crippen LogP contribution in [0.3, 0.4) is 0 Å². The molecule has 7 heteroatoms. The Morgan fingerprint density at radius 3 is 2.67 bits per heavy atom. The lowest BCUT2D eigenvalue weighted by Crippen LogP contribution is -2.22. The molecular weight excluding hydrogens is 358 g/mol. The van der Waals surface area contributed by atoms with Gasteiger partial charge in [-0.3, -0.25) is 9.88 Å². The molecule has 3 rings (SSSR count). The van der Waals surface area contributed by atoms with Crippen LogP contribution in [0.5, 0.6) is 5.75 Å². The number of hydrogen-bond donors (Lipinski definition) is 0. The van der Waals surface area contributed by atoms with Gasteiger partial charge in [0.1, 0.15) is 12.1 Å². The fourth-order valence-electron chi connectivity index (χ4n) is 2.85. The van der Waals surface area contributed by atoms with Crippen molar-refractivity contribution in [1.29, 1.82) is 0 Å². The minimum absolute atomic E-state index is 0.641. The SMILES string of the molecule is CCOc1ccc(CN(C)Cn2ncn(CCc3ccccn3)c2=S)cc1. The zero-order valence-corrected chi connectivity index (χ0v) is 16.6. The molecular formula is C20H25N5OS. The molecule has 0 aliphatic rings. The third-order valence-corrected chi connectivity index (χ3v) is 4.64. The summed E-state index contributed by atoms with van der Waals surface area (Å²) < 4.78 is 10.1. The van der Waals surface area contributed by atoms with E-state index in [4.69, 9.17) is 17.0 Å². The van der Waals surface area contributed by atoms with Gasteiger partial charge in [-0.15, -0.1) is 0 Å². The highest BCUT2D eigenvalue weighted by Gasteiger charge is 2.06. The Morgan fingerprint density at radius 1 is 1.15 bits per heavy atom. The predicted molar refractivity (Wildman–Crippen MR) is 108 cm³/mol. The Labute approximate surface area is 165 Å². The summed E-state index contributed by atoms with van der Waals surface area (Å²) in [5, 5.41) is 4.44. The molecule has 27 heavy (non-hydrogen) atoms. The Kier molecular flexibility index (Phi) is 6.73. The van der Waals surface area contributed by atoms with Gasteiger partial charge in [0, 0.05) is 31.4 Å². The van der Waals surface area contributed by atoms with E-state index in [0.717, 1.165) is 35.7 Å². The summed E-state index contributed by atoms with van der Waals surface area (Å²) >= 11 is 5.57. The van der Waals surface area contributed by atoms with Crippen molar-refractivity contribution < 1.29 is 4.74 Å². The summed E-state index contributed by atoms with van der Waals surface area (Å²) in [7, 11) is 2.06. The second-order valence-corrected chi connectivity index (χ2v) is 6.78. The van der Waals surface area contributed by atoms with Crippen molar-refractivity contribution in [3.8, 4) is 5.75 Å².